The molecule has 4 N–H and O–H groups in total. The molecule has 8 heteroatoms. The maximum atomic E-state index is 8.67. The number of hydrogen-bond acceptors (Lipinski definition) is 6. The van der Waals surface area contributed by atoms with Gasteiger partial charge in [-0.15, -0.1) is 0 Å². The minimum Gasteiger partial charge on any atom is -0.512 e. The summed E-state index contributed by atoms with van der Waals surface area (Å²) in [6.07, 6.45) is 0. The molecule has 2 aromatic carbocycles. The maximum absolute atomic E-state index is 8.67. The van der Waals surface area contributed by atoms with Crippen LogP contribution >= 0.6 is 0 Å². The highest BCUT2D eigenvalue weighted by Gasteiger charge is 2.12. The molecule has 0 spiro atoms. The van der Waals surface area contributed by atoms with E-state index in [-0.39, 0.29) is 0 Å². The average Bonchev–Trinajstić information content (AvgIpc) is 2.39. The van der Waals surface area contributed by atoms with Crippen molar-refractivity contribution < 1.29 is 29.4 Å². The normalized spacial score (nSPS) is 10.0. The first-order chi connectivity index (χ1) is 9.54. The first kappa shape index (κ1) is 14.4. The lowest BCUT2D eigenvalue weighted by atomic mass is 10.1. The molecule has 6 nitrogen and oxygen atoms in total. The molecule has 0 aliphatic rings. The zero-order valence-corrected chi connectivity index (χ0v) is 10.4. The van der Waals surface area contributed by atoms with Crippen LogP contribution in [0.1, 0.15) is 0 Å². The highest BCUT2D eigenvalue weighted by atomic mass is 16.6. The van der Waals surface area contributed by atoms with Crippen molar-refractivity contribution in [1.82, 2.24) is 0 Å². The molecule has 2 rings (SSSR count). The van der Waals surface area contributed by atoms with E-state index >= 15 is 0 Å². The molecule has 0 unspecified atom stereocenters. The summed E-state index contributed by atoms with van der Waals surface area (Å²) in [7, 11) is -3.69. The molecule has 0 bridgehead atoms. The summed E-state index contributed by atoms with van der Waals surface area (Å²) >= 11 is 0. The number of hydrogen-bond donors (Lipinski definition) is 4. The molecular weight excluding hydrogens is 262 g/mol. The van der Waals surface area contributed by atoms with Crippen LogP contribution in [0.4, 0.5) is 0 Å². The molecule has 0 aromatic heterocycles. The first-order valence-corrected chi connectivity index (χ1v) is 5.81. The highest BCUT2D eigenvalue weighted by molar-refractivity contribution is 6.34. The largest absolute Gasteiger partial charge is 0.707 e. The van der Waals surface area contributed by atoms with Gasteiger partial charge in [-0.25, -0.2) is 0 Å². The first-order valence-electron chi connectivity index (χ1n) is 5.81. The lowest BCUT2D eigenvalue weighted by Gasteiger charge is -2.08. The van der Waals surface area contributed by atoms with Gasteiger partial charge in [0.2, 0.25) is 0 Å². The van der Waals surface area contributed by atoms with Gasteiger partial charge < -0.3 is 29.4 Å². The van der Waals surface area contributed by atoms with E-state index in [9.17, 15) is 0 Å². The van der Waals surface area contributed by atoms with E-state index < -0.39 is 14.6 Å². The summed E-state index contributed by atoms with van der Waals surface area (Å²) in [5.74, 6) is 0.680. The molecule has 0 aliphatic heterocycles. The van der Waals surface area contributed by atoms with Crippen LogP contribution in [0.15, 0.2) is 48.5 Å². The molecule has 0 heterocycles. The molecule has 0 radical (unpaired) electrons. The Morgan fingerprint density at radius 2 is 0.850 bits per heavy atom. The molecule has 0 saturated carbocycles. The highest BCUT2D eigenvalue weighted by Crippen LogP contribution is 2.24. The van der Waals surface area contributed by atoms with Gasteiger partial charge in [0.1, 0.15) is 11.5 Å². The molecule has 0 aliphatic carbocycles. The Morgan fingerprint density at radius 3 is 1.10 bits per heavy atom. The van der Waals surface area contributed by atoms with E-state index in [1.165, 1.54) is 0 Å². The van der Waals surface area contributed by atoms with E-state index in [4.69, 9.17) is 29.4 Å². The molecule has 0 fully saturated rings. The predicted molar refractivity (Wildman–Crippen MR) is 73.5 cm³/mol. The fraction of sp³-hybridized carbons (Fsp3) is 0. The minimum atomic E-state index is -1.85. The minimum absolute atomic E-state index is 0.340. The lowest BCUT2D eigenvalue weighted by Crippen LogP contribution is -2.20. The monoisotopic (exact) mass is 274 g/mol. The van der Waals surface area contributed by atoms with Crippen molar-refractivity contribution >= 4 is 14.6 Å². The zero-order valence-electron chi connectivity index (χ0n) is 10.4. The summed E-state index contributed by atoms with van der Waals surface area (Å²) in [6.45, 7) is 0. The van der Waals surface area contributed by atoms with Crippen molar-refractivity contribution in [2.24, 2.45) is 0 Å². The second kappa shape index (κ2) is 6.44. The lowest BCUT2D eigenvalue weighted by molar-refractivity contribution is 0.286. The van der Waals surface area contributed by atoms with Crippen molar-refractivity contribution in [3.05, 3.63) is 48.5 Å². The third-order valence-corrected chi connectivity index (χ3v) is 2.52. The van der Waals surface area contributed by atoms with Crippen molar-refractivity contribution in [2.75, 3.05) is 0 Å². The third-order valence-electron chi connectivity index (χ3n) is 2.52. The van der Waals surface area contributed by atoms with Crippen LogP contribution in [0.5, 0.6) is 11.5 Å². The van der Waals surface area contributed by atoms with Gasteiger partial charge in [0.25, 0.3) is 0 Å². The fourth-order valence-electron chi connectivity index (χ4n) is 1.70. The summed E-state index contributed by atoms with van der Waals surface area (Å²) in [5.41, 5.74) is 1.78. The van der Waals surface area contributed by atoms with Crippen LogP contribution in [0.3, 0.4) is 0 Å². The SMILES string of the molecule is OB(O)Oc1ccc(-c2ccc(OB(O)O)cc2)cc1. The van der Waals surface area contributed by atoms with Crippen molar-refractivity contribution in [2.45, 2.75) is 0 Å². The fourth-order valence-corrected chi connectivity index (χ4v) is 1.70. The number of benzene rings is 2. The van der Waals surface area contributed by atoms with Crippen LogP contribution < -0.4 is 9.31 Å². The molecule has 0 amide bonds. The summed E-state index contributed by atoms with van der Waals surface area (Å²) < 4.78 is 9.41. The quantitative estimate of drug-likeness (QED) is 0.575. The van der Waals surface area contributed by atoms with Gasteiger partial charge in [-0.2, -0.15) is 0 Å². The topological polar surface area (TPSA) is 99.4 Å². The van der Waals surface area contributed by atoms with Gasteiger partial charge in [0, 0.05) is 0 Å². The molecule has 2 aromatic rings. The smallest absolute Gasteiger partial charge is 0.512 e. The Hall–Kier alpha value is -1.99. The Bertz CT molecular complexity index is 489. The zero-order chi connectivity index (χ0) is 14.5. The Morgan fingerprint density at radius 1 is 0.550 bits per heavy atom. The van der Waals surface area contributed by atoms with E-state index in [1.807, 2.05) is 0 Å². The second-order valence-corrected chi connectivity index (χ2v) is 3.94. The van der Waals surface area contributed by atoms with Crippen LogP contribution in [0, 0.1) is 0 Å². The van der Waals surface area contributed by atoms with Crippen LogP contribution in [-0.2, 0) is 0 Å². The van der Waals surface area contributed by atoms with Gasteiger partial charge in [0.05, 0.1) is 0 Å². The predicted octanol–water partition coefficient (Wildman–Crippen LogP) is 0.0502. The summed E-state index contributed by atoms with van der Waals surface area (Å²) in [5, 5.41) is 34.7. The van der Waals surface area contributed by atoms with Gasteiger partial charge >= 0.3 is 14.6 Å². The summed E-state index contributed by atoms with van der Waals surface area (Å²) in [6, 6.07) is 13.5. The van der Waals surface area contributed by atoms with E-state index in [1.54, 1.807) is 48.5 Å². The van der Waals surface area contributed by atoms with Crippen molar-refractivity contribution in [3.63, 3.8) is 0 Å². The molecule has 102 valence electrons. The third kappa shape index (κ3) is 4.01. The molecule has 0 atom stereocenters. The Labute approximate surface area is 116 Å². The van der Waals surface area contributed by atoms with Crippen LogP contribution in [0.2, 0.25) is 0 Å². The Balaban J connectivity index is 2.11. The number of rotatable bonds is 5. The van der Waals surface area contributed by atoms with E-state index in [2.05, 4.69) is 0 Å². The van der Waals surface area contributed by atoms with Gasteiger partial charge in [-0.3, -0.25) is 0 Å². The van der Waals surface area contributed by atoms with Crippen LogP contribution in [-0.4, -0.2) is 34.7 Å². The molecule has 20 heavy (non-hydrogen) atoms. The molecular formula is C12H12B2O6. The van der Waals surface area contributed by atoms with Crippen molar-refractivity contribution in [3.8, 4) is 22.6 Å². The Kier molecular flexibility index (Phi) is 4.65. The van der Waals surface area contributed by atoms with Crippen molar-refractivity contribution in [1.29, 1.82) is 0 Å². The maximum Gasteiger partial charge on any atom is 0.707 e. The summed E-state index contributed by atoms with van der Waals surface area (Å²) in [4.78, 5) is 0. The average molecular weight is 274 g/mol. The van der Waals surface area contributed by atoms with Gasteiger partial charge in [-0.05, 0) is 35.4 Å². The van der Waals surface area contributed by atoms with E-state index in [0.717, 1.165) is 11.1 Å². The second-order valence-electron chi connectivity index (χ2n) is 3.94. The van der Waals surface area contributed by atoms with Crippen LogP contribution in [0.25, 0.3) is 11.1 Å². The van der Waals surface area contributed by atoms with Gasteiger partial charge in [-0.1, -0.05) is 24.3 Å². The standard InChI is InChI=1S/C12H12B2O6/c15-13(16)19-11-5-1-9(2-6-11)10-3-7-12(8-4-10)20-14(17)18/h1-8,15-18H. The molecule has 0 saturated heterocycles. The van der Waals surface area contributed by atoms with E-state index in [0.29, 0.717) is 11.5 Å². The van der Waals surface area contributed by atoms with Gasteiger partial charge in [0.15, 0.2) is 0 Å².